The average Bonchev–Trinajstić information content (AvgIpc) is 2.23. The monoisotopic (exact) mass is 219 g/mol. The molecule has 0 aliphatic carbocycles. The molecule has 0 bridgehead atoms. The fourth-order valence-corrected chi connectivity index (χ4v) is 1.36. The maximum absolute atomic E-state index is 10.6. The van der Waals surface area contributed by atoms with E-state index in [1.54, 1.807) is 0 Å². The van der Waals surface area contributed by atoms with Crippen LogP contribution in [0.5, 0.6) is 5.75 Å². The predicted molar refractivity (Wildman–Crippen MR) is 65.2 cm³/mol. The highest BCUT2D eigenvalue weighted by molar-refractivity contribution is 5.72. The van der Waals surface area contributed by atoms with Crippen molar-refractivity contribution in [2.45, 2.75) is 20.3 Å². The number of amides is 1. The molecule has 0 spiro atoms. The Balaban J connectivity index is 2.50. The molecule has 86 valence electrons. The molecule has 1 rings (SSSR count). The van der Waals surface area contributed by atoms with Gasteiger partial charge in [0.2, 0.25) is 5.91 Å². The van der Waals surface area contributed by atoms with Gasteiger partial charge in [0.05, 0.1) is 0 Å². The van der Waals surface area contributed by atoms with Gasteiger partial charge in [-0.2, -0.15) is 0 Å². The molecule has 0 saturated carbocycles. The Hall–Kier alpha value is -1.77. The molecule has 0 fully saturated rings. The molecule has 16 heavy (non-hydrogen) atoms. The maximum atomic E-state index is 10.6. The molecule has 1 aromatic rings. The van der Waals surface area contributed by atoms with Crippen molar-refractivity contribution >= 4 is 12.0 Å². The van der Waals surface area contributed by atoms with Gasteiger partial charge < -0.3 is 10.4 Å². The molecular weight excluding hydrogens is 202 g/mol. The Labute approximate surface area is 95.8 Å². The maximum Gasteiger partial charge on any atom is 0.216 e. The molecule has 1 aromatic carbocycles. The Morgan fingerprint density at radius 3 is 2.94 bits per heavy atom. The van der Waals surface area contributed by atoms with Crippen LogP contribution in [0.3, 0.4) is 0 Å². The molecule has 2 N–H and O–H groups in total. The second kappa shape index (κ2) is 5.95. The van der Waals surface area contributed by atoms with Crippen LogP contribution in [-0.4, -0.2) is 17.6 Å². The lowest BCUT2D eigenvalue weighted by Gasteiger charge is -2.02. The first kappa shape index (κ1) is 12.3. The van der Waals surface area contributed by atoms with Crippen LogP contribution in [0.15, 0.2) is 24.3 Å². The lowest BCUT2D eigenvalue weighted by molar-refractivity contribution is -0.118. The highest BCUT2D eigenvalue weighted by atomic mass is 16.3. The summed E-state index contributed by atoms with van der Waals surface area (Å²) in [4.78, 5) is 10.6. The summed E-state index contributed by atoms with van der Waals surface area (Å²) in [7, 11) is 0. The van der Waals surface area contributed by atoms with Gasteiger partial charge >= 0.3 is 0 Å². The van der Waals surface area contributed by atoms with Crippen molar-refractivity contribution in [2.24, 2.45) is 0 Å². The first-order chi connectivity index (χ1) is 7.61. The van der Waals surface area contributed by atoms with Crippen molar-refractivity contribution in [1.82, 2.24) is 5.32 Å². The van der Waals surface area contributed by atoms with E-state index in [4.69, 9.17) is 0 Å². The average molecular weight is 219 g/mol. The second-order valence-electron chi connectivity index (χ2n) is 3.69. The minimum atomic E-state index is -0.0215. The molecule has 3 heteroatoms. The number of aromatic hydroxyl groups is 1. The number of hydrogen-bond acceptors (Lipinski definition) is 2. The first-order valence-corrected chi connectivity index (χ1v) is 5.31. The summed E-state index contributed by atoms with van der Waals surface area (Å²) < 4.78 is 0. The van der Waals surface area contributed by atoms with E-state index in [1.807, 2.05) is 37.3 Å². The predicted octanol–water partition coefficient (Wildman–Crippen LogP) is 2.24. The fraction of sp³-hybridized carbons (Fsp3) is 0.308. The molecule has 0 aliphatic rings. The number of hydrogen-bond donors (Lipinski definition) is 2. The van der Waals surface area contributed by atoms with Gasteiger partial charge in [-0.15, -0.1) is 0 Å². The van der Waals surface area contributed by atoms with E-state index in [0.717, 1.165) is 17.5 Å². The Morgan fingerprint density at radius 1 is 1.50 bits per heavy atom. The molecule has 0 aliphatic heterocycles. The smallest absolute Gasteiger partial charge is 0.216 e. The third-order valence-corrected chi connectivity index (χ3v) is 2.25. The minimum absolute atomic E-state index is 0.0215. The van der Waals surface area contributed by atoms with Gasteiger partial charge in [-0.05, 0) is 18.9 Å². The lowest BCUT2D eigenvalue weighted by atomic mass is 10.1. The molecule has 0 heterocycles. The topological polar surface area (TPSA) is 49.3 Å². The van der Waals surface area contributed by atoms with Crippen LogP contribution in [0.4, 0.5) is 0 Å². The number of phenolic OH excluding ortho intramolecular Hbond substituents is 1. The summed E-state index contributed by atoms with van der Waals surface area (Å²) >= 11 is 0. The van der Waals surface area contributed by atoms with Crippen LogP contribution in [0.25, 0.3) is 6.08 Å². The van der Waals surface area contributed by atoms with Crippen molar-refractivity contribution in [1.29, 1.82) is 0 Å². The third-order valence-electron chi connectivity index (χ3n) is 2.25. The third kappa shape index (κ3) is 3.77. The Bertz CT molecular complexity index is 397. The van der Waals surface area contributed by atoms with Gasteiger partial charge in [-0.1, -0.05) is 30.4 Å². The number of rotatable bonds is 4. The SMILES string of the molecule is CC(=O)NCCC=Cc1cccc(C)c1O. The number of carbonyl (C=O) groups excluding carboxylic acids is 1. The molecule has 1 amide bonds. The van der Waals surface area contributed by atoms with Crippen LogP contribution >= 0.6 is 0 Å². The standard InChI is InChI=1S/C13H17NO2/c1-10-6-5-8-12(13(10)16)7-3-4-9-14-11(2)15/h3,5-8,16H,4,9H2,1-2H3,(H,14,15). The molecule has 0 radical (unpaired) electrons. The normalized spacial score (nSPS) is 10.6. The zero-order valence-corrected chi connectivity index (χ0v) is 9.66. The molecule has 0 aromatic heterocycles. The summed E-state index contributed by atoms with van der Waals surface area (Å²) in [6.45, 7) is 3.98. The number of phenols is 1. The summed E-state index contributed by atoms with van der Waals surface area (Å²) in [5, 5.41) is 12.4. The number of para-hydroxylation sites is 1. The Kier molecular flexibility index (Phi) is 4.58. The van der Waals surface area contributed by atoms with Crippen molar-refractivity contribution in [3.05, 3.63) is 35.4 Å². The molecule has 0 atom stereocenters. The summed E-state index contributed by atoms with van der Waals surface area (Å²) in [6.07, 6.45) is 4.56. The molecule has 3 nitrogen and oxygen atoms in total. The lowest BCUT2D eigenvalue weighted by Crippen LogP contribution is -2.20. The zero-order chi connectivity index (χ0) is 12.0. The van der Waals surface area contributed by atoms with E-state index < -0.39 is 0 Å². The quantitative estimate of drug-likeness (QED) is 0.763. The van der Waals surface area contributed by atoms with Crippen molar-refractivity contribution < 1.29 is 9.90 Å². The number of nitrogens with one attached hydrogen (secondary N) is 1. The van der Waals surface area contributed by atoms with Crippen molar-refractivity contribution in [2.75, 3.05) is 6.54 Å². The van der Waals surface area contributed by atoms with E-state index in [1.165, 1.54) is 6.92 Å². The second-order valence-corrected chi connectivity index (χ2v) is 3.69. The van der Waals surface area contributed by atoms with E-state index >= 15 is 0 Å². The van der Waals surface area contributed by atoms with Gasteiger partial charge in [0.1, 0.15) is 5.75 Å². The van der Waals surface area contributed by atoms with E-state index in [2.05, 4.69) is 5.32 Å². The summed E-state index contributed by atoms with van der Waals surface area (Å²) in [6, 6.07) is 5.63. The molecular formula is C13H17NO2. The molecule has 0 saturated heterocycles. The summed E-state index contributed by atoms with van der Waals surface area (Å²) in [5.41, 5.74) is 1.67. The number of benzene rings is 1. The van der Waals surface area contributed by atoms with Crippen LogP contribution < -0.4 is 5.32 Å². The largest absolute Gasteiger partial charge is 0.507 e. The zero-order valence-electron chi connectivity index (χ0n) is 9.66. The number of carbonyl (C=O) groups is 1. The van der Waals surface area contributed by atoms with Gasteiger partial charge in [-0.25, -0.2) is 0 Å². The van der Waals surface area contributed by atoms with Gasteiger partial charge in [-0.3, -0.25) is 4.79 Å². The van der Waals surface area contributed by atoms with Crippen LogP contribution in [-0.2, 0) is 4.79 Å². The minimum Gasteiger partial charge on any atom is -0.507 e. The number of aryl methyl sites for hydroxylation is 1. The molecule has 0 unspecified atom stereocenters. The first-order valence-electron chi connectivity index (χ1n) is 5.31. The van der Waals surface area contributed by atoms with Crippen LogP contribution in [0.1, 0.15) is 24.5 Å². The van der Waals surface area contributed by atoms with Crippen LogP contribution in [0.2, 0.25) is 0 Å². The van der Waals surface area contributed by atoms with Crippen LogP contribution in [0, 0.1) is 6.92 Å². The van der Waals surface area contributed by atoms with Gasteiger partial charge in [0, 0.05) is 19.0 Å². The van der Waals surface area contributed by atoms with E-state index in [9.17, 15) is 9.90 Å². The Morgan fingerprint density at radius 2 is 2.25 bits per heavy atom. The van der Waals surface area contributed by atoms with E-state index in [0.29, 0.717) is 12.3 Å². The van der Waals surface area contributed by atoms with Crippen molar-refractivity contribution in [3.8, 4) is 5.75 Å². The van der Waals surface area contributed by atoms with E-state index in [-0.39, 0.29) is 5.91 Å². The van der Waals surface area contributed by atoms with Gasteiger partial charge in [0.15, 0.2) is 0 Å². The summed E-state index contributed by atoms with van der Waals surface area (Å²) in [5.74, 6) is 0.296. The van der Waals surface area contributed by atoms with Crippen molar-refractivity contribution in [3.63, 3.8) is 0 Å². The highest BCUT2D eigenvalue weighted by Crippen LogP contribution is 2.22. The van der Waals surface area contributed by atoms with Gasteiger partial charge in [0.25, 0.3) is 0 Å². The fourth-order valence-electron chi connectivity index (χ4n) is 1.36. The highest BCUT2D eigenvalue weighted by Gasteiger charge is 1.98.